The number of hydrogen-bond donors (Lipinski definition) is 0. The summed E-state index contributed by atoms with van der Waals surface area (Å²) >= 11 is 0. The Hall–Kier alpha value is 1.73. The van der Waals surface area contributed by atoms with Crippen molar-refractivity contribution in [1.29, 1.82) is 0 Å². The second kappa shape index (κ2) is 45.5. The van der Waals surface area contributed by atoms with Crippen LogP contribution < -0.4 is 30.6 Å². The second-order valence-corrected chi connectivity index (χ2v) is 6.29. The van der Waals surface area contributed by atoms with Crippen LogP contribution in [-0.2, 0) is 21.7 Å². The van der Waals surface area contributed by atoms with Crippen LogP contribution in [0.1, 0.15) is 83.1 Å². The van der Waals surface area contributed by atoms with Crippen molar-refractivity contribution >= 4 is 37.7 Å². The predicted octanol–water partition coefficient (Wildman–Crippen LogP) is -1.85. The molecule has 0 N–H and O–H groups in total. The van der Waals surface area contributed by atoms with Crippen molar-refractivity contribution in [3.63, 3.8) is 0 Å². The van der Waals surface area contributed by atoms with Crippen molar-refractivity contribution < 1.29 is 52.4 Å². The van der Waals surface area contributed by atoms with E-state index in [-0.39, 0.29) is 59.5 Å². The molecule has 0 fully saturated rings. The Morgan fingerprint density at radius 2 is 0.308 bits per heavy atom. The van der Waals surface area contributed by atoms with Gasteiger partial charge in [0, 0.05) is 0 Å². The summed E-state index contributed by atoms with van der Waals surface area (Å²) in [5.41, 5.74) is 0. The minimum Gasteiger partial charge on any atom is -0.852 e. The minimum absolute atomic E-state index is 0. The Labute approximate surface area is 208 Å². The average Bonchev–Trinajstić information content (AvgIpc) is 2.08. The van der Waals surface area contributed by atoms with Crippen molar-refractivity contribution in [2.75, 3.05) is 0 Å². The largest absolute Gasteiger partial charge is 4.00 e. The van der Waals surface area contributed by atoms with Gasteiger partial charge in [-0.1, -0.05) is 83.1 Å². The van der Waals surface area contributed by atoms with Gasteiger partial charge in [-0.15, -0.1) is 36.6 Å². The molecule has 0 saturated heterocycles. The van der Waals surface area contributed by atoms with Gasteiger partial charge in [0.25, 0.3) is 0 Å². The summed E-state index contributed by atoms with van der Waals surface area (Å²) in [4.78, 5) is 0. The van der Waals surface area contributed by atoms with Crippen LogP contribution in [-0.4, -0.2) is 74.4 Å². The van der Waals surface area contributed by atoms with E-state index in [9.17, 15) is 30.6 Å². The summed E-state index contributed by atoms with van der Waals surface area (Å²) < 4.78 is 0. The van der Waals surface area contributed by atoms with E-state index in [1.165, 1.54) is 0 Å². The molecule has 0 rings (SSSR count). The Balaban J connectivity index is -0.0000000245. The SMILES string of the molecule is CC(C)[O-].CC(C)[O-].CC(C)[O-].CC(C)[O-].CC(C)[O-].CC(C)[O-].[Ca+2].[Ti+4]. The standard InChI is InChI=1S/6C3H7O.Ca.Ti/c6*1-3(2)4;;/h6*3H,1-2H3;;/q6*-1;+2;+4. The predicted molar refractivity (Wildman–Crippen MR) is 96.6 cm³/mol. The van der Waals surface area contributed by atoms with Gasteiger partial charge in [0.15, 0.2) is 0 Å². The van der Waals surface area contributed by atoms with Crippen LogP contribution in [0.2, 0.25) is 0 Å². The zero-order valence-electron chi connectivity index (χ0n) is 19.1. The van der Waals surface area contributed by atoms with E-state index in [0.29, 0.717) is 0 Å². The van der Waals surface area contributed by atoms with E-state index in [1.54, 1.807) is 83.1 Å². The summed E-state index contributed by atoms with van der Waals surface area (Å²) in [6.07, 6.45) is -2.50. The van der Waals surface area contributed by atoms with Crippen LogP contribution in [0, 0.1) is 0 Å². The van der Waals surface area contributed by atoms with Gasteiger partial charge in [0.2, 0.25) is 0 Å². The molecule has 0 atom stereocenters. The fourth-order valence-corrected chi connectivity index (χ4v) is 0. The summed E-state index contributed by atoms with van der Waals surface area (Å²) in [5.74, 6) is 0. The van der Waals surface area contributed by atoms with Gasteiger partial charge in [-0.25, -0.2) is 0 Å². The van der Waals surface area contributed by atoms with E-state index in [0.717, 1.165) is 0 Å². The molecular weight excluding hydrogens is 400 g/mol. The molecule has 0 aliphatic rings. The summed E-state index contributed by atoms with van der Waals surface area (Å²) in [6.45, 7) is 19.3. The first-order valence-corrected chi connectivity index (χ1v) is 8.34. The van der Waals surface area contributed by atoms with E-state index < -0.39 is 36.6 Å². The minimum atomic E-state index is -0.417. The van der Waals surface area contributed by atoms with E-state index in [2.05, 4.69) is 0 Å². The number of hydrogen-bond acceptors (Lipinski definition) is 6. The molecule has 26 heavy (non-hydrogen) atoms. The van der Waals surface area contributed by atoms with Gasteiger partial charge in [-0.2, -0.15) is 0 Å². The third-order valence-electron chi connectivity index (χ3n) is 0. The van der Waals surface area contributed by atoms with E-state index in [4.69, 9.17) is 0 Å². The molecule has 0 aromatic carbocycles. The van der Waals surface area contributed by atoms with Crippen LogP contribution in [0.15, 0.2) is 0 Å². The molecule has 0 spiro atoms. The Bertz CT molecular complexity index is 107. The van der Waals surface area contributed by atoms with Crippen molar-refractivity contribution in [2.24, 2.45) is 0 Å². The Morgan fingerprint density at radius 3 is 0.308 bits per heavy atom. The maximum atomic E-state index is 9.53. The molecular formula is C18H42CaO6Ti. The van der Waals surface area contributed by atoms with Crippen LogP contribution in [0.3, 0.4) is 0 Å². The average molecular weight is 442 g/mol. The Morgan fingerprint density at radius 1 is 0.308 bits per heavy atom. The van der Waals surface area contributed by atoms with E-state index in [1.807, 2.05) is 0 Å². The Kier molecular flexibility index (Phi) is 89.0. The first-order valence-electron chi connectivity index (χ1n) is 8.34. The van der Waals surface area contributed by atoms with Crippen molar-refractivity contribution in [1.82, 2.24) is 0 Å². The molecule has 156 valence electrons. The van der Waals surface area contributed by atoms with Gasteiger partial charge in [-0.05, 0) is 0 Å². The topological polar surface area (TPSA) is 138 Å². The third kappa shape index (κ3) is 5240. The van der Waals surface area contributed by atoms with Crippen LogP contribution in [0.4, 0.5) is 0 Å². The summed E-state index contributed by atoms with van der Waals surface area (Å²) in [5, 5.41) is 57.2. The summed E-state index contributed by atoms with van der Waals surface area (Å²) in [6, 6.07) is 0. The zero-order chi connectivity index (χ0) is 21.5. The normalized spacial score (nSPS) is 8.31. The quantitative estimate of drug-likeness (QED) is 0.404. The van der Waals surface area contributed by atoms with Gasteiger partial charge >= 0.3 is 59.5 Å². The van der Waals surface area contributed by atoms with Crippen LogP contribution >= 0.6 is 0 Å². The molecule has 0 unspecified atom stereocenters. The first-order chi connectivity index (χ1) is 10.4. The second-order valence-electron chi connectivity index (χ2n) is 6.29. The maximum absolute atomic E-state index is 9.53. The van der Waals surface area contributed by atoms with Crippen molar-refractivity contribution in [3.8, 4) is 0 Å². The molecule has 0 aliphatic heterocycles. The van der Waals surface area contributed by atoms with Gasteiger partial charge in [-0.3, -0.25) is 0 Å². The molecule has 8 heteroatoms. The molecule has 0 heterocycles. The first kappa shape index (κ1) is 50.9. The fourth-order valence-electron chi connectivity index (χ4n) is 0. The molecule has 0 bridgehead atoms. The molecule has 0 amide bonds. The van der Waals surface area contributed by atoms with E-state index >= 15 is 0 Å². The molecule has 0 aliphatic carbocycles. The smallest absolute Gasteiger partial charge is 0.852 e. The summed E-state index contributed by atoms with van der Waals surface area (Å²) in [7, 11) is 0. The molecule has 0 aromatic heterocycles. The molecule has 6 nitrogen and oxygen atoms in total. The van der Waals surface area contributed by atoms with Crippen LogP contribution in [0.25, 0.3) is 0 Å². The maximum Gasteiger partial charge on any atom is 4.00 e. The fraction of sp³-hybridized carbons (Fsp3) is 1.00. The van der Waals surface area contributed by atoms with Gasteiger partial charge in [0.1, 0.15) is 0 Å². The molecule has 0 saturated carbocycles. The van der Waals surface area contributed by atoms with Crippen LogP contribution in [0.5, 0.6) is 0 Å². The van der Waals surface area contributed by atoms with Crippen molar-refractivity contribution in [2.45, 2.75) is 120 Å². The monoisotopic (exact) mass is 442 g/mol. The van der Waals surface area contributed by atoms with Crippen molar-refractivity contribution in [3.05, 3.63) is 0 Å². The van der Waals surface area contributed by atoms with Gasteiger partial charge < -0.3 is 30.6 Å². The molecule has 0 radical (unpaired) electrons. The third-order valence-corrected chi connectivity index (χ3v) is 0. The zero-order valence-corrected chi connectivity index (χ0v) is 22.9. The van der Waals surface area contributed by atoms with Gasteiger partial charge in [0.05, 0.1) is 0 Å². The number of rotatable bonds is 0. The molecule has 0 aromatic rings.